The van der Waals surface area contributed by atoms with Crippen molar-refractivity contribution in [3.8, 4) is 5.82 Å². The van der Waals surface area contributed by atoms with Crippen LogP contribution in [0.1, 0.15) is 10.5 Å². The molecule has 0 aromatic carbocycles. The van der Waals surface area contributed by atoms with Crippen LogP contribution in [-0.4, -0.2) is 26.3 Å². The van der Waals surface area contributed by atoms with Gasteiger partial charge in [0.25, 0.3) is 0 Å². The first-order valence-corrected chi connectivity index (χ1v) is 4.58. The van der Waals surface area contributed by atoms with E-state index in [1.165, 1.54) is 0 Å². The highest BCUT2D eigenvalue weighted by Gasteiger charge is 2.00. The Morgan fingerprint density at radius 3 is 2.71 bits per heavy atom. The van der Waals surface area contributed by atoms with Gasteiger partial charge in [0.15, 0.2) is 12.1 Å². The summed E-state index contributed by atoms with van der Waals surface area (Å²) in [5.41, 5.74) is 0.306. The Hall–Kier alpha value is -1.56. The normalized spacial score (nSPS) is 10.1. The van der Waals surface area contributed by atoms with Crippen molar-refractivity contribution in [1.29, 1.82) is 0 Å². The number of hydrogen-bond acceptors (Lipinski definition) is 4. The maximum Gasteiger partial charge on any atom is 0.175 e. The van der Waals surface area contributed by atoms with Gasteiger partial charge in [0.05, 0.1) is 10.7 Å². The molecule has 0 bridgehead atoms. The van der Waals surface area contributed by atoms with Crippen LogP contribution < -0.4 is 0 Å². The van der Waals surface area contributed by atoms with Crippen LogP contribution in [0.15, 0.2) is 29.0 Å². The van der Waals surface area contributed by atoms with E-state index in [1.54, 1.807) is 29.2 Å². The van der Waals surface area contributed by atoms with Crippen molar-refractivity contribution >= 4 is 22.2 Å². The number of nitrogens with zero attached hydrogens (tertiary/aromatic N) is 4. The number of aromatic nitrogens is 4. The van der Waals surface area contributed by atoms with Gasteiger partial charge in [-0.1, -0.05) is 0 Å². The zero-order chi connectivity index (χ0) is 9.97. The Labute approximate surface area is 87.9 Å². The molecule has 0 unspecified atom stereocenters. The van der Waals surface area contributed by atoms with Crippen molar-refractivity contribution < 1.29 is 4.79 Å². The van der Waals surface area contributed by atoms with Crippen LogP contribution >= 0.6 is 15.9 Å². The summed E-state index contributed by atoms with van der Waals surface area (Å²) in [6.45, 7) is 0. The van der Waals surface area contributed by atoms with Crippen LogP contribution in [0.3, 0.4) is 0 Å². The molecule has 5 nitrogen and oxygen atoms in total. The quantitative estimate of drug-likeness (QED) is 0.755. The minimum absolute atomic E-state index is 0.306. The lowest BCUT2D eigenvalue weighted by molar-refractivity contribution is 0.111. The van der Waals surface area contributed by atoms with Crippen LogP contribution in [0.25, 0.3) is 5.82 Å². The zero-order valence-corrected chi connectivity index (χ0v) is 8.55. The summed E-state index contributed by atoms with van der Waals surface area (Å²) in [4.78, 5) is 10.3. The van der Waals surface area contributed by atoms with Crippen molar-refractivity contribution in [3.63, 3.8) is 0 Å². The zero-order valence-electron chi connectivity index (χ0n) is 6.96. The molecule has 0 amide bonds. The topological polar surface area (TPSA) is 60.7 Å². The summed E-state index contributed by atoms with van der Waals surface area (Å²) in [6, 6.07) is 3.26. The maximum absolute atomic E-state index is 10.3. The third-order valence-electron chi connectivity index (χ3n) is 1.58. The molecule has 0 N–H and O–H groups in total. The summed E-state index contributed by atoms with van der Waals surface area (Å²) in [6.07, 6.45) is 4.05. The molecule has 0 radical (unpaired) electrons. The van der Waals surface area contributed by atoms with Gasteiger partial charge in [-0.3, -0.25) is 4.79 Å². The van der Waals surface area contributed by atoms with Crippen molar-refractivity contribution in [2.75, 3.05) is 0 Å². The monoisotopic (exact) mass is 252 g/mol. The Morgan fingerprint density at radius 2 is 2.21 bits per heavy atom. The molecule has 2 heterocycles. The highest BCUT2D eigenvalue weighted by molar-refractivity contribution is 9.10. The summed E-state index contributed by atoms with van der Waals surface area (Å²) < 4.78 is 2.42. The molecule has 0 aliphatic heterocycles. The Balaban J connectivity index is 2.38. The number of rotatable bonds is 2. The lowest BCUT2D eigenvalue weighted by atomic mass is 10.4. The van der Waals surface area contributed by atoms with Gasteiger partial charge in [0.1, 0.15) is 5.69 Å². The van der Waals surface area contributed by atoms with Gasteiger partial charge in [-0.05, 0) is 28.1 Å². The minimum Gasteiger partial charge on any atom is -0.296 e. The molecule has 0 aliphatic rings. The van der Waals surface area contributed by atoms with E-state index in [-0.39, 0.29) is 0 Å². The molecular formula is C8H5BrN4O. The lowest BCUT2D eigenvalue weighted by Gasteiger charge is -1.97. The van der Waals surface area contributed by atoms with Crippen LogP contribution in [0.2, 0.25) is 0 Å². The SMILES string of the molecule is O=Cc1ccc(-n2cc(Br)cn2)nn1. The smallest absolute Gasteiger partial charge is 0.175 e. The van der Waals surface area contributed by atoms with Crippen molar-refractivity contribution in [1.82, 2.24) is 20.0 Å². The molecule has 0 saturated carbocycles. The largest absolute Gasteiger partial charge is 0.296 e. The standard InChI is InChI=1S/C8H5BrN4O/c9-6-3-10-13(4-6)8-2-1-7(5-14)11-12-8/h1-5H. The fraction of sp³-hybridized carbons (Fsp3) is 0. The molecular weight excluding hydrogens is 248 g/mol. The molecule has 0 aliphatic carbocycles. The molecule has 0 fully saturated rings. The average Bonchev–Trinajstić information content (AvgIpc) is 2.65. The van der Waals surface area contributed by atoms with Gasteiger partial charge in [-0.25, -0.2) is 4.68 Å². The molecule has 2 aromatic heterocycles. The maximum atomic E-state index is 10.3. The van der Waals surface area contributed by atoms with E-state index in [1.807, 2.05) is 0 Å². The van der Waals surface area contributed by atoms with Crippen molar-refractivity contribution in [2.24, 2.45) is 0 Å². The van der Waals surface area contributed by atoms with Crippen LogP contribution in [0.5, 0.6) is 0 Å². The predicted molar refractivity (Wildman–Crippen MR) is 52.2 cm³/mol. The second-order valence-corrected chi connectivity index (χ2v) is 3.45. The lowest BCUT2D eigenvalue weighted by Crippen LogP contribution is -2.00. The van der Waals surface area contributed by atoms with E-state index in [0.717, 1.165) is 4.47 Å². The first-order chi connectivity index (χ1) is 6.79. The highest BCUT2D eigenvalue weighted by atomic mass is 79.9. The Kier molecular flexibility index (Phi) is 2.36. The number of carbonyl (C=O) groups excluding carboxylic acids is 1. The fourth-order valence-corrected chi connectivity index (χ4v) is 1.23. The number of halogens is 1. The van der Waals surface area contributed by atoms with Crippen LogP contribution in [0.4, 0.5) is 0 Å². The Morgan fingerprint density at radius 1 is 1.36 bits per heavy atom. The van der Waals surface area contributed by atoms with E-state index >= 15 is 0 Å². The molecule has 14 heavy (non-hydrogen) atoms. The number of aldehydes is 1. The van der Waals surface area contributed by atoms with Gasteiger partial charge in [0, 0.05) is 6.20 Å². The number of carbonyl (C=O) groups is 1. The first-order valence-electron chi connectivity index (χ1n) is 3.79. The average molecular weight is 253 g/mol. The minimum atomic E-state index is 0.306. The van der Waals surface area contributed by atoms with Gasteiger partial charge in [0.2, 0.25) is 0 Å². The number of hydrogen-bond donors (Lipinski definition) is 0. The summed E-state index contributed by atoms with van der Waals surface area (Å²) >= 11 is 3.27. The van der Waals surface area contributed by atoms with E-state index in [4.69, 9.17) is 0 Å². The second-order valence-electron chi connectivity index (χ2n) is 2.54. The Bertz CT molecular complexity index is 451. The van der Waals surface area contributed by atoms with Crippen LogP contribution in [-0.2, 0) is 0 Å². The van der Waals surface area contributed by atoms with E-state index in [0.29, 0.717) is 17.8 Å². The first kappa shape index (κ1) is 9.01. The summed E-state index contributed by atoms with van der Waals surface area (Å²) in [7, 11) is 0. The molecule has 0 spiro atoms. The van der Waals surface area contributed by atoms with Crippen LogP contribution in [0, 0.1) is 0 Å². The van der Waals surface area contributed by atoms with E-state index in [2.05, 4.69) is 31.2 Å². The molecule has 0 saturated heterocycles. The predicted octanol–water partition coefficient (Wildman–Crippen LogP) is 1.24. The highest BCUT2D eigenvalue weighted by Crippen LogP contribution is 2.09. The third kappa shape index (κ3) is 1.69. The molecule has 0 atom stereocenters. The molecule has 2 aromatic rings. The van der Waals surface area contributed by atoms with Crippen molar-refractivity contribution in [3.05, 3.63) is 34.7 Å². The third-order valence-corrected chi connectivity index (χ3v) is 1.99. The molecule has 6 heteroatoms. The second kappa shape index (κ2) is 3.67. The summed E-state index contributed by atoms with van der Waals surface area (Å²) in [5, 5.41) is 11.5. The van der Waals surface area contributed by atoms with Crippen molar-refractivity contribution in [2.45, 2.75) is 0 Å². The van der Waals surface area contributed by atoms with Gasteiger partial charge in [-0.2, -0.15) is 5.10 Å². The fourth-order valence-electron chi connectivity index (χ4n) is 0.947. The van der Waals surface area contributed by atoms with Gasteiger partial charge >= 0.3 is 0 Å². The van der Waals surface area contributed by atoms with Gasteiger partial charge in [-0.15, -0.1) is 10.2 Å². The van der Waals surface area contributed by atoms with E-state index < -0.39 is 0 Å². The van der Waals surface area contributed by atoms with Gasteiger partial charge < -0.3 is 0 Å². The van der Waals surface area contributed by atoms with E-state index in [9.17, 15) is 4.79 Å². The molecule has 2 rings (SSSR count). The summed E-state index contributed by atoms with van der Waals surface area (Å²) in [5.74, 6) is 0.571. The molecule has 70 valence electrons.